The predicted molar refractivity (Wildman–Crippen MR) is 88.7 cm³/mol. The number of carbonyl (C=O) groups excluding carboxylic acids is 1. The van der Waals surface area contributed by atoms with E-state index in [4.69, 9.17) is 10.2 Å². The first-order valence-corrected chi connectivity index (χ1v) is 8.30. The molecule has 1 amide bonds. The van der Waals surface area contributed by atoms with E-state index in [2.05, 4.69) is 10.3 Å². The van der Waals surface area contributed by atoms with Crippen LogP contribution in [0.5, 0.6) is 0 Å². The maximum absolute atomic E-state index is 12.3. The summed E-state index contributed by atoms with van der Waals surface area (Å²) in [6.45, 7) is 8.28. The van der Waals surface area contributed by atoms with Crippen molar-refractivity contribution in [2.75, 3.05) is 6.54 Å². The summed E-state index contributed by atoms with van der Waals surface area (Å²) < 4.78 is 5.65. The van der Waals surface area contributed by atoms with Crippen LogP contribution in [0.25, 0.3) is 11.5 Å². The molecule has 0 spiro atoms. The summed E-state index contributed by atoms with van der Waals surface area (Å²) in [5.74, 6) is 1.40. The van der Waals surface area contributed by atoms with Gasteiger partial charge in [0.15, 0.2) is 0 Å². The number of carbonyl (C=O) groups is 1. The van der Waals surface area contributed by atoms with E-state index in [1.54, 1.807) is 11.3 Å². The number of aryl methyl sites for hydroxylation is 1. The van der Waals surface area contributed by atoms with Crippen molar-refractivity contribution in [1.82, 2.24) is 10.3 Å². The van der Waals surface area contributed by atoms with Crippen molar-refractivity contribution < 1.29 is 9.21 Å². The molecule has 5 nitrogen and oxygen atoms in total. The lowest BCUT2D eigenvalue weighted by Crippen LogP contribution is -2.55. The lowest BCUT2D eigenvalue weighted by molar-refractivity contribution is -0.122. The third-order valence-corrected chi connectivity index (χ3v) is 4.80. The van der Waals surface area contributed by atoms with Crippen LogP contribution in [0.2, 0.25) is 0 Å². The zero-order valence-corrected chi connectivity index (χ0v) is 14.3. The van der Waals surface area contributed by atoms with Gasteiger partial charge in [0.25, 0.3) is 0 Å². The molecule has 0 aliphatic carbocycles. The third kappa shape index (κ3) is 3.56. The fourth-order valence-electron chi connectivity index (χ4n) is 2.05. The molecule has 2 heterocycles. The van der Waals surface area contributed by atoms with Gasteiger partial charge in [-0.25, -0.2) is 4.98 Å². The molecule has 2 aromatic rings. The minimum atomic E-state index is -0.412. The number of nitrogens with zero attached hydrogens (tertiary/aromatic N) is 1. The van der Waals surface area contributed by atoms with Gasteiger partial charge in [0.1, 0.15) is 5.76 Å². The predicted octanol–water partition coefficient (Wildman–Crippen LogP) is 2.74. The summed E-state index contributed by atoms with van der Waals surface area (Å²) in [5.41, 5.74) is 7.00. The van der Waals surface area contributed by atoms with Gasteiger partial charge in [0.2, 0.25) is 11.8 Å². The highest BCUT2D eigenvalue weighted by atomic mass is 32.1. The number of nitrogens with one attached hydrogen (secondary N) is 1. The second-order valence-corrected chi connectivity index (χ2v) is 6.82. The summed E-state index contributed by atoms with van der Waals surface area (Å²) in [6, 6.07) is 1.95. The molecule has 0 saturated heterocycles. The fraction of sp³-hybridized carbons (Fsp3) is 0.500. The molecule has 3 N–H and O–H groups in total. The van der Waals surface area contributed by atoms with E-state index in [1.807, 2.05) is 44.5 Å². The van der Waals surface area contributed by atoms with Gasteiger partial charge >= 0.3 is 0 Å². The van der Waals surface area contributed by atoms with Crippen molar-refractivity contribution in [1.29, 1.82) is 0 Å². The number of amides is 1. The monoisotopic (exact) mass is 321 g/mol. The Hall–Kier alpha value is -1.66. The largest absolute Gasteiger partial charge is 0.441 e. The molecule has 1 atom stereocenters. The summed E-state index contributed by atoms with van der Waals surface area (Å²) >= 11 is 1.58. The quantitative estimate of drug-likeness (QED) is 0.857. The highest BCUT2D eigenvalue weighted by Crippen LogP contribution is 2.24. The highest BCUT2D eigenvalue weighted by molar-refractivity contribution is 7.08. The molecule has 0 bridgehead atoms. The standard InChI is InChI=1S/C16H23N3O2S/c1-10(2)16(4,9-17)19-14(20)7-13-11(3)21-15(18-13)12-5-6-22-8-12/h5-6,8,10H,7,9,17H2,1-4H3,(H,19,20). The van der Waals surface area contributed by atoms with Gasteiger partial charge in [-0.2, -0.15) is 11.3 Å². The van der Waals surface area contributed by atoms with Gasteiger partial charge in [-0.1, -0.05) is 13.8 Å². The Bertz CT molecular complexity index is 634. The number of rotatable bonds is 6. The van der Waals surface area contributed by atoms with Crippen molar-refractivity contribution in [2.45, 2.75) is 39.7 Å². The molecule has 0 aromatic carbocycles. The molecule has 0 aliphatic rings. The molecule has 120 valence electrons. The van der Waals surface area contributed by atoms with Crippen molar-refractivity contribution in [2.24, 2.45) is 11.7 Å². The van der Waals surface area contributed by atoms with Gasteiger partial charge < -0.3 is 15.5 Å². The van der Waals surface area contributed by atoms with Crippen LogP contribution in [0.3, 0.4) is 0 Å². The first-order chi connectivity index (χ1) is 10.4. The number of oxazole rings is 1. The molecule has 0 fully saturated rings. The van der Waals surface area contributed by atoms with E-state index in [1.165, 1.54) is 0 Å². The van der Waals surface area contributed by atoms with Gasteiger partial charge in [-0.15, -0.1) is 0 Å². The van der Waals surface area contributed by atoms with Gasteiger partial charge in [-0.3, -0.25) is 4.79 Å². The third-order valence-electron chi connectivity index (χ3n) is 4.11. The summed E-state index contributed by atoms with van der Waals surface area (Å²) in [6.07, 6.45) is 0.196. The van der Waals surface area contributed by atoms with E-state index < -0.39 is 5.54 Å². The molecule has 6 heteroatoms. The lowest BCUT2D eigenvalue weighted by Gasteiger charge is -2.33. The number of thiophene rings is 1. The van der Waals surface area contributed by atoms with Crippen LogP contribution < -0.4 is 11.1 Å². The topological polar surface area (TPSA) is 81.2 Å². The SMILES string of the molecule is Cc1oc(-c2ccsc2)nc1CC(=O)NC(C)(CN)C(C)C. The second kappa shape index (κ2) is 6.62. The van der Waals surface area contributed by atoms with Crippen LogP contribution in [0.1, 0.15) is 32.2 Å². The van der Waals surface area contributed by atoms with Crippen LogP contribution in [0.4, 0.5) is 0 Å². The van der Waals surface area contributed by atoms with E-state index in [0.29, 0.717) is 23.9 Å². The fourth-order valence-corrected chi connectivity index (χ4v) is 2.68. The van der Waals surface area contributed by atoms with Crippen molar-refractivity contribution in [3.05, 3.63) is 28.3 Å². The van der Waals surface area contributed by atoms with Crippen molar-refractivity contribution in [3.63, 3.8) is 0 Å². The van der Waals surface area contributed by atoms with Crippen LogP contribution in [0.15, 0.2) is 21.2 Å². The minimum Gasteiger partial charge on any atom is -0.441 e. The molecule has 1 unspecified atom stereocenters. The van der Waals surface area contributed by atoms with Gasteiger partial charge in [0, 0.05) is 17.5 Å². The van der Waals surface area contributed by atoms with Crippen molar-refractivity contribution >= 4 is 17.2 Å². The van der Waals surface area contributed by atoms with Crippen molar-refractivity contribution in [3.8, 4) is 11.5 Å². The smallest absolute Gasteiger partial charge is 0.227 e. The number of hydrogen-bond donors (Lipinski definition) is 2. The zero-order valence-electron chi connectivity index (χ0n) is 13.5. The molecule has 0 aliphatic heterocycles. The average Bonchev–Trinajstić information content (AvgIpc) is 3.09. The lowest BCUT2D eigenvalue weighted by atomic mass is 9.88. The van der Waals surface area contributed by atoms with E-state index in [9.17, 15) is 4.79 Å². The molecular weight excluding hydrogens is 298 g/mol. The summed E-state index contributed by atoms with van der Waals surface area (Å²) in [5, 5.41) is 6.96. The highest BCUT2D eigenvalue weighted by Gasteiger charge is 2.29. The van der Waals surface area contributed by atoms with Gasteiger partial charge in [-0.05, 0) is 31.2 Å². The number of hydrogen-bond acceptors (Lipinski definition) is 5. The van der Waals surface area contributed by atoms with E-state index in [-0.39, 0.29) is 18.2 Å². The Morgan fingerprint density at radius 1 is 1.55 bits per heavy atom. The van der Waals surface area contributed by atoms with E-state index in [0.717, 1.165) is 5.56 Å². The van der Waals surface area contributed by atoms with Gasteiger partial charge in [0.05, 0.1) is 17.7 Å². The maximum atomic E-state index is 12.3. The van der Waals surface area contributed by atoms with Crippen LogP contribution in [-0.4, -0.2) is 23.0 Å². The maximum Gasteiger partial charge on any atom is 0.227 e. The zero-order chi connectivity index (χ0) is 16.3. The Labute approximate surface area is 134 Å². The molecule has 2 aromatic heterocycles. The Balaban J connectivity index is 2.09. The summed E-state index contributed by atoms with van der Waals surface area (Å²) in [4.78, 5) is 16.7. The number of aromatic nitrogens is 1. The minimum absolute atomic E-state index is 0.0880. The second-order valence-electron chi connectivity index (χ2n) is 6.04. The summed E-state index contributed by atoms with van der Waals surface area (Å²) in [7, 11) is 0. The van der Waals surface area contributed by atoms with Crippen LogP contribution in [0, 0.1) is 12.8 Å². The first-order valence-electron chi connectivity index (χ1n) is 7.35. The first kappa shape index (κ1) is 16.7. The number of nitrogens with two attached hydrogens (primary N) is 1. The Kier molecular flexibility index (Phi) is 5.03. The molecule has 0 radical (unpaired) electrons. The van der Waals surface area contributed by atoms with Crippen LogP contribution >= 0.6 is 11.3 Å². The normalized spacial score (nSPS) is 14.1. The average molecular weight is 321 g/mol. The van der Waals surface area contributed by atoms with Crippen LogP contribution in [-0.2, 0) is 11.2 Å². The molecule has 22 heavy (non-hydrogen) atoms. The van der Waals surface area contributed by atoms with E-state index >= 15 is 0 Å². The molecular formula is C16H23N3O2S. The molecule has 2 rings (SSSR count). The Morgan fingerprint density at radius 2 is 2.27 bits per heavy atom. The Morgan fingerprint density at radius 3 is 2.82 bits per heavy atom. The molecule has 0 saturated carbocycles.